The molecule has 6 rings (SSSR count). The van der Waals surface area contributed by atoms with E-state index in [1.54, 1.807) is 19.5 Å². The number of ether oxygens (including phenoxy) is 7. The molecule has 0 spiro atoms. The first-order valence-electron chi connectivity index (χ1n) is 27.1. The van der Waals surface area contributed by atoms with Gasteiger partial charge < -0.3 is 48.1 Å². The Morgan fingerprint density at radius 1 is 0.560 bits per heavy atom. The maximum absolute atomic E-state index is 12.4. The van der Waals surface area contributed by atoms with Gasteiger partial charge in [0, 0.05) is 120 Å². The Labute approximate surface area is 451 Å². The van der Waals surface area contributed by atoms with E-state index in [1.807, 2.05) is 21.2 Å². The standard InChI is InChI=1S/C27H48N4O5Si2.C26H46N4O5Si2/c1-33-26(32)27(34-2)12-9-22(10-13-27)23-19-25(31-24(29-23)11-14-28-31)30(20-35-15-17-37(3,4)5)21-36-16-18-38(6,7)8;1-33-26(25(31)32)11-8-21(9-12-26)22-18-24(30-23(28-22)10-13-27-30)29(19-34-14-16-36(2,3)4)20-35-15-17-37(5,6)7/h11,14,19,22H,9-10,12-13,15-18,20-21H2,1-8H3;10,13,18,21H,8-9,11-12,14-17,19-20H2,1-7H3,(H,31,32). The summed E-state index contributed by atoms with van der Waals surface area (Å²) < 4.78 is 44.5. The Hall–Kier alpha value is -3.59. The zero-order valence-corrected chi connectivity index (χ0v) is 52.5. The van der Waals surface area contributed by atoms with E-state index in [1.165, 1.54) is 14.2 Å². The van der Waals surface area contributed by atoms with Gasteiger partial charge in [-0.3, -0.25) is 0 Å². The maximum Gasteiger partial charge on any atom is 0.338 e. The number of aliphatic carboxylic acids is 1. The van der Waals surface area contributed by atoms with Gasteiger partial charge in [0.05, 0.1) is 19.5 Å². The molecule has 1 N–H and O–H groups in total. The molecule has 2 aliphatic rings. The molecular weight excluding hydrogens is 1020 g/mol. The van der Waals surface area contributed by atoms with Crippen molar-refractivity contribution in [2.24, 2.45) is 0 Å². The number of carboxylic acids is 1. The van der Waals surface area contributed by atoms with Crippen molar-refractivity contribution in [2.45, 2.75) is 177 Å². The fourth-order valence-electron chi connectivity index (χ4n) is 9.19. The lowest BCUT2D eigenvalue weighted by atomic mass is 9.77. The molecule has 0 atom stereocenters. The summed E-state index contributed by atoms with van der Waals surface area (Å²) in [6.07, 6.45) is 8.66. The predicted octanol–water partition coefficient (Wildman–Crippen LogP) is 10.7. The molecule has 2 fully saturated rings. The van der Waals surface area contributed by atoms with Gasteiger partial charge in [0.15, 0.2) is 22.5 Å². The average Bonchev–Trinajstić information content (AvgIpc) is 4.04. The normalized spacial score (nSPS) is 20.7. The van der Waals surface area contributed by atoms with Gasteiger partial charge in [0.1, 0.15) is 38.6 Å². The Morgan fingerprint density at radius 3 is 1.16 bits per heavy atom. The number of carbonyl (C=O) groups is 2. The first-order valence-corrected chi connectivity index (χ1v) is 42.0. The SMILES string of the molecule is COC(=O)C1(OC)CCC(c2cc(N(COCC[Si](C)(C)C)COCC[Si](C)(C)C)n3nccc3n2)CC1.COC1(C(=O)O)CCC(c2cc(N(COCC[Si](C)(C)C)COCC[Si](C)(C)C)n3nccc3n2)CC1. The molecule has 4 heterocycles. The smallest absolute Gasteiger partial charge is 0.338 e. The molecule has 2 aliphatic carbocycles. The number of anilines is 2. The van der Waals surface area contributed by atoms with Gasteiger partial charge in [-0.05, 0) is 75.5 Å². The van der Waals surface area contributed by atoms with Gasteiger partial charge in [-0.25, -0.2) is 19.6 Å². The molecule has 0 radical (unpaired) electrons. The van der Waals surface area contributed by atoms with E-state index in [4.69, 9.17) is 43.1 Å². The summed E-state index contributed by atoms with van der Waals surface area (Å²) in [5, 5.41) is 18.8. The largest absolute Gasteiger partial charge is 0.479 e. The van der Waals surface area contributed by atoms with Crippen molar-refractivity contribution in [3.63, 3.8) is 0 Å². The van der Waals surface area contributed by atoms with E-state index in [0.717, 1.165) is 97.8 Å². The lowest BCUT2D eigenvalue weighted by Crippen LogP contribution is -2.44. The molecule has 0 aromatic carbocycles. The Bertz CT molecular complexity index is 2350. The van der Waals surface area contributed by atoms with Crippen LogP contribution in [0.2, 0.25) is 103 Å². The Kier molecular flexibility index (Phi) is 22.7. The molecule has 0 bridgehead atoms. The molecule has 422 valence electrons. The molecule has 0 saturated heterocycles. The number of rotatable bonds is 28. The summed E-state index contributed by atoms with van der Waals surface area (Å²) in [6, 6.07) is 12.5. The van der Waals surface area contributed by atoms with E-state index >= 15 is 0 Å². The summed E-state index contributed by atoms with van der Waals surface area (Å²) in [5.74, 6) is 0.981. The van der Waals surface area contributed by atoms with E-state index < -0.39 is 49.5 Å². The summed E-state index contributed by atoms with van der Waals surface area (Å²) >= 11 is 0. The number of carbonyl (C=O) groups excluding carboxylic acids is 1. The van der Waals surface area contributed by atoms with Gasteiger partial charge in [-0.2, -0.15) is 19.2 Å². The summed E-state index contributed by atoms with van der Waals surface area (Å²) in [4.78, 5) is 38.3. The zero-order chi connectivity index (χ0) is 55.2. The minimum absolute atomic E-state index is 0.156. The summed E-state index contributed by atoms with van der Waals surface area (Å²) in [6.45, 7) is 32.8. The fraction of sp³-hybridized carbons (Fsp3) is 0.736. The van der Waals surface area contributed by atoms with Gasteiger partial charge in [-0.15, -0.1) is 0 Å². The second-order valence-corrected chi connectivity index (χ2v) is 48.0. The van der Waals surface area contributed by atoms with Crippen molar-refractivity contribution < 1.29 is 47.9 Å². The molecule has 75 heavy (non-hydrogen) atoms. The van der Waals surface area contributed by atoms with Crippen molar-refractivity contribution in [2.75, 3.05) is 84.5 Å². The fourth-order valence-corrected chi connectivity index (χ4v) is 12.2. The molecule has 0 amide bonds. The molecule has 0 aliphatic heterocycles. The Balaban J connectivity index is 0.000000277. The lowest BCUT2D eigenvalue weighted by molar-refractivity contribution is -0.170. The first-order chi connectivity index (χ1) is 35.2. The average molecular weight is 1120 g/mol. The van der Waals surface area contributed by atoms with Crippen LogP contribution in [0.25, 0.3) is 11.3 Å². The number of aromatic nitrogens is 6. The van der Waals surface area contributed by atoms with Crippen molar-refractivity contribution in [3.05, 3.63) is 48.0 Å². The number of esters is 1. The number of hydrogen-bond donors (Lipinski definition) is 1. The van der Waals surface area contributed by atoms with E-state index in [0.29, 0.717) is 65.4 Å². The zero-order valence-electron chi connectivity index (χ0n) is 48.5. The van der Waals surface area contributed by atoms with Crippen molar-refractivity contribution in [3.8, 4) is 0 Å². The predicted molar refractivity (Wildman–Crippen MR) is 308 cm³/mol. The summed E-state index contributed by atoms with van der Waals surface area (Å²) in [7, 11) is -0.278. The number of nitrogens with zero attached hydrogens (tertiary/aromatic N) is 8. The van der Waals surface area contributed by atoms with E-state index in [9.17, 15) is 14.7 Å². The van der Waals surface area contributed by atoms with Crippen LogP contribution in [-0.4, -0.2) is 164 Å². The number of hydrogen-bond acceptors (Lipinski definition) is 15. The molecule has 4 aromatic heterocycles. The molecule has 18 nitrogen and oxygen atoms in total. The van der Waals surface area contributed by atoms with Crippen LogP contribution in [0.4, 0.5) is 11.6 Å². The molecular formula is C53H94N8O10Si4. The first kappa shape index (κ1) is 62.3. The van der Waals surface area contributed by atoms with Crippen LogP contribution in [0.3, 0.4) is 0 Å². The van der Waals surface area contributed by atoms with Gasteiger partial charge in [-0.1, -0.05) is 78.6 Å². The number of carboxylic acid groups (broad SMARTS) is 1. The molecule has 4 aromatic rings. The van der Waals surface area contributed by atoms with E-state index in [2.05, 4.69) is 111 Å². The van der Waals surface area contributed by atoms with Crippen LogP contribution in [0, 0.1) is 0 Å². The third-order valence-electron chi connectivity index (χ3n) is 14.5. The highest BCUT2D eigenvalue weighted by Crippen LogP contribution is 2.42. The molecule has 2 saturated carbocycles. The minimum Gasteiger partial charge on any atom is -0.479 e. The van der Waals surface area contributed by atoms with Crippen LogP contribution in [0.15, 0.2) is 36.7 Å². The number of methoxy groups -OCH3 is 3. The van der Waals surface area contributed by atoms with Gasteiger partial charge in [0.25, 0.3) is 0 Å². The highest BCUT2D eigenvalue weighted by molar-refractivity contribution is 6.77. The monoisotopic (exact) mass is 1110 g/mol. The van der Waals surface area contributed by atoms with Crippen LogP contribution in [0.5, 0.6) is 0 Å². The highest BCUT2D eigenvalue weighted by atomic mass is 28.3. The third kappa shape index (κ3) is 18.8. The third-order valence-corrected chi connectivity index (χ3v) is 21.3. The quantitative estimate of drug-likeness (QED) is 0.0245. The van der Waals surface area contributed by atoms with Gasteiger partial charge >= 0.3 is 11.9 Å². The highest BCUT2D eigenvalue weighted by Gasteiger charge is 2.45. The minimum atomic E-state index is -1.20. The lowest BCUT2D eigenvalue weighted by Gasteiger charge is -2.36. The molecule has 22 heteroatoms. The number of fused-ring (bicyclic) bond motifs is 2. The van der Waals surface area contributed by atoms with Crippen molar-refractivity contribution in [1.29, 1.82) is 0 Å². The van der Waals surface area contributed by atoms with Crippen LogP contribution < -0.4 is 9.80 Å². The van der Waals surface area contributed by atoms with Crippen molar-refractivity contribution >= 4 is 67.2 Å². The van der Waals surface area contributed by atoms with Crippen molar-refractivity contribution in [1.82, 2.24) is 29.2 Å². The topological polar surface area (TPSA) is 186 Å². The van der Waals surface area contributed by atoms with Crippen LogP contribution in [0.1, 0.15) is 74.6 Å². The van der Waals surface area contributed by atoms with Crippen LogP contribution >= 0.6 is 0 Å². The van der Waals surface area contributed by atoms with Crippen LogP contribution in [-0.2, 0) is 42.7 Å². The Morgan fingerprint density at radius 2 is 0.880 bits per heavy atom. The molecule has 0 unspecified atom stereocenters. The van der Waals surface area contributed by atoms with Gasteiger partial charge in [0.2, 0.25) is 0 Å². The maximum atomic E-state index is 12.4. The second-order valence-electron chi connectivity index (χ2n) is 25.5. The summed E-state index contributed by atoms with van der Waals surface area (Å²) in [5.41, 5.74) is 1.55. The van der Waals surface area contributed by atoms with E-state index in [-0.39, 0.29) is 17.8 Å². The second kappa shape index (κ2) is 27.3.